The molecule has 0 saturated carbocycles. The van der Waals surface area contributed by atoms with Crippen molar-refractivity contribution in [1.29, 1.82) is 0 Å². The van der Waals surface area contributed by atoms with Gasteiger partial charge < -0.3 is 4.74 Å². The van der Waals surface area contributed by atoms with Gasteiger partial charge in [-0.05, 0) is 57.9 Å². The van der Waals surface area contributed by atoms with Crippen LogP contribution in [0.4, 0.5) is 9.18 Å². The van der Waals surface area contributed by atoms with Gasteiger partial charge in [0.2, 0.25) is 5.78 Å². The summed E-state index contributed by atoms with van der Waals surface area (Å²) in [7, 11) is 0. The van der Waals surface area contributed by atoms with Crippen LogP contribution in [0.3, 0.4) is 0 Å². The smallest absolute Gasteiger partial charge is 0.410 e. The van der Waals surface area contributed by atoms with E-state index < -0.39 is 5.60 Å². The number of ether oxygens (including phenoxy) is 1. The molecule has 138 valence electrons. The Bertz CT molecular complexity index is 811. The molecule has 0 radical (unpaired) electrons. The standard InChI is InChI=1S/C19H21FN2O3S/c1-19(2,3)25-18(24)22-10-4-5-15(22)17-21-14(11-26-17)16(23)12-6-8-13(20)9-7-12/h6-9,11,15H,4-5,10H2,1-3H3/t15-/m0/s1. The Labute approximate surface area is 155 Å². The number of rotatable bonds is 3. The first-order valence-corrected chi connectivity index (χ1v) is 9.38. The Balaban J connectivity index is 1.77. The first-order valence-electron chi connectivity index (χ1n) is 8.50. The summed E-state index contributed by atoms with van der Waals surface area (Å²) < 4.78 is 18.5. The lowest BCUT2D eigenvalue weighted by Crippen LogP contribution is -2.36. The number of benzene rings is 1. The van der Waals surface area contributed by atoms with Crippen LogP contribution in [0.5, 0.6) is 0 Å². The molecule has 1 aliphatic rings. The van der Waals surface area contributed by atoms with Crippen molar-refractivity contribution in [2.24, 2.45) is 0 Å². The first kappa shape index (κ1) is 18.5. The Morgan fingerprint density at radius 2 is 1.96 bits per heavy atom. The molecule has 2 heterocycles. The Hall–Kier alpha value is -2.28. The number of halogens is 1. The molecule has 1 atom stereocenters. The first-order chi connectivity index (χ1) is 12.2. The van der Waals surface area contributed by atoms with Gasteiger partial charge in [-0.3, -0.25) is 9.69 Å². The fraction of sp³-hybridized carbons (Fsp3) is 0.421. The maximum absolute atomic E-state index is 13.0. The normalized spacial score (nSPS) is 17.4. The molecule has 0 N–H and O–H groups in total. The van der Waals surface area contributed by atoms with Crippen molar-refractivity contribution in [3.05, 3.63) is 51.7 Å². The number of carbonyl (C=O) groups is 2. The third kappa shape index (κ3) is 4.09. The zero-order valence-electron chi connectivity index (χ0n) is 15.0. The van der Waals surface area contributed by atoms with E-state index in [1.54, 1.807) is 10.3 Å². The molecule has 1 saturated heterocycles. The molecular weight excluding hydrogens is 355 g/mol. The molecule has 0 unspecified atom stereocenters. The van der Waals surface area contributed by atoms with Gasteiger partial charge in [0.1, 0.15) is 22.1 Å². The predicted molar refractivity (Wildman–Crippen MR) is 96.9 cm³/mol. The fourth-order valence-electron chi connectivity index (χ4n) is 2.86. The average molecular weight is 376 g/mol. The van der Waals surface area contributed by atoms with E-state index in [2.05, 4.69) is 4.98 Å². The lowest BCUT2D eigenvalue weighted by molar-refractivity contribution is 0.0224. The number of amides is 1. The molecule has 1 aliphatic heterocycles. The fourth-order valence-corrected chi connectivity index (χ4v) is 3.80. The number of carbonyl (C=O) groups excluding carboxylic acids is 2. The molecule has 1 aromatic carbocycles. The molecule has 1 aromatic heterocycles. The number of nitrogens with zero attached hydrogens (tertiary/aromatic N) is 2. The second kappa shape index (κ2) is 7.15. The van der Waals surface area contributed by atoms with Gasteiger partial charge in [-0.25, -0.2) is 14.2 Å². The van der Waals surface area contributed by atoms with Crippen LogP contribution in [0.1, 0.15) is 60.7 Å². The highest BCUT2D eigenvalue weighted by molar-refractivity contribution is 7.10. The van der Waals surface area contributed by atoms with Crippen LogP contribution in [0.25, 0.3) is 0 Å². The van der Waals surface area contributed by atoms with Gasteiger partial charge >= 0.3 is 6.09 Å². The van der Waals surface area contributed by atoms with Gasteiger partial charge in [-0.15, -0.1) is 11.3 Å². The highest BCUT2D eigenvalue weighted by Crippen LogP contribution is 2.35. The molecule has 1 fully saturated rings. The van der Waals surface area contributed by atoms with E-state index in [1.165, 1.54) is 35.6 Å². The molecule has 1 amide bonds. The summed E-state index contributed by atoms with van der Waals surface area (Å²) in [6, 6.07) is 5.21. The van der Waals surface area contributed by atoms with Crippen LogP contribution in [0, 0.1) is 5.82 Å². The second-order valence-electron chi connectivity index (χ2n) is 7.24. The summed E-state index contributed by atoms with van der Waals surface area (Å²) in [5.74, 6) is -0.645. The molecule has 0 bridgehead atoms. The maximum Gasteiger partial charge on any atom is 0.410 e. The summed E-state index contributed by atoms with van der Waals surface area (Å²) >= 11 is 1.36. The lowest BCUT2D eigenvalue weighted by atomic mass is 10.1. The van der Waals surface area contributed by atoms with Crippen LogP contribution >= 0.6 is 11.3 Å². The van der Waals surface area contributed by atoms with E-state index in [1.807, 2.05) is 20.8 Å². The van der Waals surface area contributed by atoms with Gasteiger partial charge in [0.05, 0.1) is 6.04 Å². The zero-order valence-corrected chi connectivity index (χ0v) is 15.8. The van der Waals surface area contributed by atoms with Crippen LogP contribution in [0.15, 0.2) is 29.6 Å². The topological polar surface area (TPSA) is 59.5 Å². The summed E-state index contributed by atoms with van der Waals surface area (Å²) in [5, 5.41) is 2.41. The number of hydrogen-bond acceptors (Lipinski definition) is 5. The summed E-state index contributed by atoms with van der Waals surface area (Å²) in [4.78, 5) is 31.0. The highest BCUT2D eigenvalue weighted by atomic mass is 32.1. The molecule has 0 spiro atoms. The number of aromatic nitrogens is 1. The van der Waals surface area contributed by atoms with Gasteiger partial charge in [0.25, 0.3) is 0 Å². The molecule has 3 rings (SSSR count). The Kier molecular flexibility index (Phi) is 5.09. The van der Waals surface area contributed by atoms with E-state index >= 15 is 0 Å². The highest BCUT2D eigenvalue weighted by Gasteiger charge is 2.35. The van der Waals surface area contributed by atoms with E-state index in [4.69, 9.17) is 4.74 Å². The quantitative estimate of drug-likeness (QED) is 0.736. The SMILES string of the molecule is CC(C)(C)OC(=O)N1CCC[C@H]1c1nc(C(=O)c2ccc(F)cc2)cs1. The monoisotopic (exact) mass is 376 g/mol. The molecule has 5 nitrogen and oxygen atoms in total. The third-order valence-electron chi connectivity index (χ3n) is 4.03. The van der Waals surface area contributed by atoms with Crippen LogP contribution < -0.4 is 0 Å². The van der Waals surface area contributed by atoms with Crippen molar-refractivity contribution in [3.8, 4) is 0 Å². The number of likely N-dealkylation sites (tertiary alicyclic amines) is 1. The van der Waals surface area contributed by atoms with Crippen LogP contribution in [0.2, 0.25) is 0 Å². The average Bonchev–Trinajstić information content (AvgIpc) is 3.22. The van der Waals surface area contributed by atoms with Crippen molar-refractivity contribution >= 4 is 23.2 Å². The van der Waals surface area contributed by atoms with Crippen molar-refractivity contribution in [2.45, 2.75) is 45.3 Å². The van der Waals surface area contributed by atoms with Gasteiger partial charge in [-0.2, -0.15) is 0 Å². The van der Waals surface area contributed by atoms with Crippen LogP contribution in [-0.4, -0.2) is 33.9 Å². The third-order valence-corrected chi connectivity index (χ3v) is 4.97. The van der Waals surface area contributed by atoms with Gasteiger partial charge in [0, 0.05) is 17.5 Å². The number of hydrogen-bond donors (Lipinski definition) is 0. The zero-order chi connectivity index (χ0) is 18.9. The Morgan fingerprint density at radius 3 is 2.62 bits per heavy atom. The minimum atomic E-state index is -0.559. The van der Waals surface area contributed by atoms with E-state index in [9.17, 15) is 14.0 Å². The van der Waals surface area contributed by atoms with E-state index in [-0.39, 0.29) is 23.7 Å². The van der Waals surface area contributed by atoms with Gasteiger partial charge in [0.15, 0.2) is 0 Å². The second-order valence-corrected chi connectivity index (χ2v) is 8.13. The molecule has 7 heteroatoms. The Morgan fingerprint density at radius 1 is 1.27 bits per heavy atom. The number of ketones is 1. The number of thiazole rings is 1. The van der Waals surface area contributed by atoms with Crippen molar-refractivity contribution < 1.29 is 18.7 Å². The van der Waals surface area contributed by atoms with E-state index in [0.29, 0.717) is 17.8 Å². The van der Waals surface area contributed by atoms with Crippen molar-refractivity contribution in [1.82, 2.24) is 9.88 Å². The molecular formula is C19H21FN2O3S. The van der Waals surface area contributed by atoms with Crippen LogP contribution in [-0.2, 0) is 4.74 Å². The maximum atomic E-state index is 13.0. The summed E-state index contributed by atoms with van der Waals surface area (Å²) in [6.45, 7) is 6.11. The summed E-state index contributed by atoms with van der Waals surface area (Å²) in [5.41, 5.74) is 0.142. The lowest BCUT2D eigenvalue weighted by Gasteiger charge is -2.27. The predicted octanol–water partition coefficient (Wildman–Crippen LogP) is 4.59. The van der Waals surface area contributed by atoms with Gasteiger partial charge in [-0.1, -0.05) is 0 Å². The minimum absolute atomic E-state index is 0.176. The largest absolute Gasteiger partial charge is 0.444 e. The molecule has 26 heavy (non-hydrogen) atoms. The van der Waals surface area contributed by atoms with Crippen molar-refractivity contribution in [3.63, 3.8) is 0 Å². The molecule has 0 aliphatic carbocycles. The minimum Gasteiger partial charge on any atom is -0.444 e. The molecule has 2 aromatic rings. The van der Waals surface area contributed by atoms with E-state index in [0.717, 1.165) is 17.8 Å². The van der Waals surface area contributed by atoms with Crippen molar-refractivity contribution in [2.75, 3.05) is 6.54 Å². The summed E-state index contributed by atoms with van der Waals surface area (Å²) in [6.07, 6.45) is 1.29.